The van der Waals surface area contributed by atoms with Crippen LogP contribution in [0.25, 0.3) is 10.4 Å². The lowest BCUT2D eigenvalue weighted by Gasteiger charge is -2.46. The average Bonchev–Trinajstić information content (AvgIpc) is 3.53. The SMILES string of the molecule is COC(=O)OC(OC(=O)C1=C(c2cn3cnc(S(C)(=O)=O)c3s2)C(C)[C@H]2[C@@H]([C@@H](C)O)C(=O)N12)C1CCCCC1. The third-order valence-electron chi connectivity index (χ3n) is 7.80. The first-order valence-corrected chi connectivity index (χ1v) is 15.5. The molecular formula is C25H31N3O9S2. The Balaban J connectivity index is 1.57. The Kier molecular flexibility index (Phi) is 7.22. The Labute approximate surface area is 229 Å². The minimum absolute atomic E-state index is 0.00189. The van der Waals surface area contributed by atoms with Crippen LogP contribution in [0.15, 0.2) is 23.2 Å². The quantitative estimate of drug-likeness (QED) is 0.293. The fourth-order valence-corrected chi connectivity index (χ4v) is 8.32. The highest BCUT2D eigenvalue weighted by molar-refractivity contribution is 7.91. The zero-order chi connectivity index (χ0) is 28.2. The summed E-state index contributed by atoms with van der Waals surface area (Å²) in [5.74, 6) is -2.55. The molecule has 5 atom stereocenters. The molecule has 2 aliphatic heterocycles. The van der Waals surface area contributed by atoms with E-state index in [-0.39, 0.29) is 22.6 Å². The van der Waals surface area contributed by atoms with Gasteiger partial charge in [-0.25, -0.2) is 23.0 Å². The molecular weight excluding hydrogens is 550 g/mol. The molecule has 0 radical (unpaired) electrons. The molecule has 1 N–H and O–H groups in total. The van der Waals surface area contributed by atoms with Gasteiger partial charge >= 0.3 is 12.1 Å². The summed E-state index contributed by atoms with van der Waals surface area (Å²) < 4.78 is 41.8. The minimum Gasteiger partial charge on any atom is -0.438 e. The fourth-order valence-electron chi connectivity index (χ4n) is 5.97. The van der Waals surface area contributed by atoms with Crippen molar-refractivity contribution in [2.75, 3.05) is 13.4 Å². The summed E-state index contributed by atoms with van der Waals surface area (Å²) in [7, 11) is -2.44. The molecule has 1 saturated carbocycles. The zero-order valence-corrected chi connectivity index (χ0v) is 23.7. The number of amides is 1. The first-order valence-electron chi connectivity index (χ1n) is 12.8. The van der Waals surface area contributed by atoms with E-state index in [0.717, 1.165) is 36.9 Å². The second-order valence-corrected chi connectivity index (χ2v) is 13.4. The van der Waals surface area contributed by atoms with Crippen LogP contribution in [-0.4, -0.2) is 77.6 Å². The number of hydrogen-bond donors (Lipinski definition) is 1. The van der Waals surface area contributed by atoms with Gasteiger partial charge < -0.3 is 24.2 Å². The van der Waals surface area contributed by atoms with Crippen molar-refractivity contribution >= 4 is 49.6 Å². The van der Waals surface area contributed by atoms with Gasteiger partial charge in [0.2, 0.25) is 5.91 Å². The molecule has 12 nitrogen and oxygen atoms in total. The molecule has 1 amide bonds. The second-order valence-electron chi connectivity index (χ2n) is 10.4. The molecule has 14 heteroatoms. The van der Waals surface area contributed by atoms with E-state index in [1.165, 1.54) is 25.3 Å². The summed E-state index contributed by atoms with van der Waals surface area (Å²) in [5, 5.41) is 10.2. The lowest BCUT2D eigenvalue weighted by Crippen LogP contribution is -2.63. The molecule has 0 spiro atoms. The second kappa shape index (κ2) is 10.2. The highest BCUT2D eigenvalue weighted by atomic mass is 32.2. The molecule has 2 aromatic heterocycles. The van der Waals surface area contributed by atoms with E-state index in [2.05, 4.69) is 9.72 Å². The summed E-state index contributed by atoms with van der Waals surface area (Å²) in [4.78, 5) is 45.3. The average molecular weight is 582 g/mol. The van der Waals surface area contributed by atoms with Gasteiger partial charge in [0.1, 0.15) is 16.9 Å². The standard InChI is InChI=1S/C25H31N3O9S2/c1-12-16(15-10-27-11-26-20(22(27)38-15)39(4,33)34)19(28-18(12)17(13(2)29)21(28)30)23(31)36-24(37-25(32)35-3)14-8-6-5-7-9-14/h10-14,17-18,24,29H,5-9H2,1-4H3/t12?,13-,17-,18+,24?/m1/s1. The normalized spacial score (nSPS) is 25.3. The number of ether oxygens (including phenoxy) is 3. The van der Waals surface area contributed by atoms with Crippen molar-refractivity contribution in [2.45, 2.75) is 69.4 Å². The monoisotopic (exact) mass is 581 g/mol. The van der Waals surface area contributed by atoms with Gasteiger partial charge in [0.05, 0.1) is 30.1 Å². The summed E-state index contributed by atoms with van der Waals surface area (Å²) in [5.41, 5.74) is 0.497. The number of sulfone groups is 1. The van der Waals surface area contributed by atoms with Crippen molar-refractivity contribution < 1.29 is 42.1 Å². The Morgan fingerprint density at radius 3 is 2.51 bits per heavy atom. The van der Waals surface area contributed by atoms with E-state index < -0.39 is 52.2 Å². The van der Waals surface area contributed by atoms with Crippen LogP contribution >= 0.6 is 11.3 Å². The number of methoxy groups -OCH3 is 1. The van der Waals surface area contributed by atoms with Crippen molar-refractivity contribution in [1.29, 1.82) is 0 Å². The first-order chi connectivity index (χ1) is 18.4. The highest BCUT2D eigenvalue weighted by Gasteiger charge is 2.60. The molecule has 2 unspecified atom stereocenters. The third kappa shape index (κ3) is 4.72. The van der Waals surface area contributed by atoms with Crippen molar-refractivity contribution in [3.05, 3.63) is 23.1 Å². The summed E-state index contributed by atoms with van der Waals surface area (Å²) in [6.07, 6.45) is 5.23. The molecule has 1 saturated heterocycles. The molecule has 2 aromatic rings. The number of rotatable bonds is 7. The van der Waals surface area contributed by atoms with E-state index in [9.17, 15) is 27.9 Å². The van der Waals surface area contributed by atoms with Crippen LogP contribution in [-0.2, 0) is 33.6 Å². The topological polar surface area (TPSA) is 154 Å². The van der Waals surface area contributed by atoms with Gasteiger partial charge in [-0.2, -0.15) is 0 Å². The number of thiazole rings is 1. The largest absolute Gasteiger partial charge is 0.511 e. The summed E-state index contributed by atoms with van der Waals surface area (Å²) in [6, 6.07) is -0.487. The van der Waals surface area contributed by atoms with Crippen molar-refractivity contribution in [2.24, 2.45) is 17.8 Å². The Hall–Kier alpha value is -2.97. The van der Waals surface area contributed by atoms with Crippen LogP contribution in [0.1, 0.15) is 50.8 Å². The lowest BCUT2D eigenvalue weighted by molar-refractivity contribution is -0.184. The maximum atomic E-state index is 13.8. The number of hydrogen-bond acceptors (Lipinski definition) is 11. The maximum Gasteiger partial charge on any atom is 0.511 e. The van der Waals surface area contributed by atoms with Crippen molar-refractivity contribution in [3.63, 3.8) is 0 Å². The molecule has 1 aliphatic carbocycles. The molecule has 0 aromatic carbocycles. The van der Waals surface area contributed by atoms with Gasteiger partial charge in [0, 0.05) is 29.9 Å². The van der Waals surface area contributed by atoms with Gasteiger partial charge in [0.15, 0.2) is 14.9 Å². The van der Waals surface area contributed by atoms with Gasteiger partial charge in [0.25, 0.3) is 6.29 Å². The number of aliphatic hydroxyl groups is 1. The molecule has 3 aliphatic rings. The maximum absolute atomic E-state index is 13.8. The number of nitrogens with zero attached hydrogens (tertiary/aromatic N) is 3. The molecule has 212 valence electrons. The molecule has 39 heavy (non-hydrogen) atoms. The van der Waals surface area contributed by atoms with E-state index in [4.69, 9.17) is 9.47 Å². The smallest absolute Gasteiger partial charge is 0.438 e. The first kappa shape index (κ1) is 27.6. The number of carbonyl (C=O) groups excluding carboxylic acids is 3. The van der Waals surface area contributed by atoms with Crippen LogP contribution in [0.2, 0.25) is 0 Å². The van der Waals surface area contributed by atoms with Crippen LogP contribution in [0.5, 0.6) is 0 Å². The number of β-lactam (4-membered cyclic amide) rings is 1. The highest BCUT2D eigenvalue weighted by Crippen LogP contribution is 2.52. The van der Waals surface area contributed by atoms with Crippen LogP contribution < -0.4 is 0 Å². The Morgan fingerprint density at radius 1 is 1.21 bits per heavy atom. The van der Waals surface area contributed by atoms with E-state index in [1.54, 1.807) is 10.6 Å². The van der Waals surface area contributed by atoms with Gasteiger partial charge in [-0.05, 0) is 19.8 Å². The summed E-state index contributed by atoms with van der Waals surface area (Å²) in [6.45, 7) is 3.38. The van der Waals surface area contributed by atoms with Gasteiger partial charge in [-0.3, -0.25) is 9.20 Å². The molecule has 0 bridgehead atoms. The molecule has 5 rings (SSSR count). The van der Waals surface area contributed by atoms with Crippen LogP contribution in [0, 0.1) is 17.8 Å². The Morgan fingerprint density at radius 2 is 1.90 bits per heavy atom. The Bertz CT molecular complexity index is 1450. The minimum atomic E-state index is -3.61. The van der Waals surface area contributed by atoms with E-state index >= 15 is 0 Å². The number of carbonyl (C=O) groups is 3. The third-order valence-corrected chi connectivity index (χ3v) is 10.1. The van der Waals surface area contributed by atoms with Crippen molar-refractivity contribution in [1.82, 2.24) is 14.3 Å². The number of esters is 1. The van der Waals surface area contributed by atoms with E-state index in [0.29, 0.717) is 28.1 Å². The lowest BCUT2D eigenvalue weighted by atomic mass is 9.77. The predicted octanol–water partition coefficient (Wildman–Crippen LogP) is 2.60. The summed E-state index contributed by atoms with van der Waals surface area (Å²) >= 11 is 1.13. The van der Waals surface area contributed by atoms with Crippen LogP contribution in [0.3, 0.4) is 0 Å². The van der Waals surface area contributed by atoms with Gasteiger partial charge in [-0.15, -0.1) is 11.3 Å². The fraction of sp³-hybridized carbons (Fsp3) is 0.600. The van der Waals surface area contributed by atoms with E-state index in [1.807, 2.05) is 6.92 Å². The number of fused-ring (bicyclic) bond motifs is 2. The van der Waals surface area contributed by atoms with Gasteiger partial charge in [-0.1, -0.05) is 26.2 Å². The molecule has 4 heterocycles. The number of aromatic nitrogens is 2. The molecule has 2 fully saturated rings. The predicted molar refractivity (Wildman–Crippen MR) is 138 cm³/mol. The number of aliphatic hydroxyl groups excluding tert-OH is 1. The zero-order valence-electron chi connectivity index (χ0n) is 22.0. The van der Waals surface area contributed by atoms with Crippen molar-refractivity contribution in [3.8, 4) is 0 Å². The number of imidazole rings is 1. The van der Waals surface area contributed by atoms with Crippen LogP contribution in [0.4, 0.5) is 4.79 Å².